The van der Waals surface area contributed by atoms with Crippen molar-refractivity contribution in [3.05, 3.63) is 35.9 Å². The Morgan fingerprint density at radius 3 is 2.05 bits per heavy atom. The van der Waals surface area contributed by atoms with E-state index in [1.807, 2.05) is 6.26 Å². The number of rotatable bonds is 18. The minimum atomic E-state index is -1.71. The quantitative estimate of drug-likeness (QED) is 0.0568. The smallest absolute Gasteiger partial charge is 0.326 e. The maximum atomic E-state index is 13.3. The third-order valence-electron chi connectivity index (χ3n) is 5.46. The van der Waals surface area contributed by atoms with Gasteiger partial charge < -0.3 is 43.4 Å². The van der Waals surface area contributed by atoms with Crippen LogP contribution in [0, 0.1) is 0 Å². The Hall–Kier alpha value is -3.85. The number of nitrogens with one attached hydrogen (secondary N) is 3. The molecule has 0 saturated carbocycles. The van der Waals surface area contributed by atoms with Crippen LogP contribution in [0.15, 0.2) is 35.3 Å². The molecule has 0 aliphatic rings. The van der Waals surface area contributed by atoms with Gasteiger partial charge in [0.25, 0.3) is 0 Å². The second kappa shape index (κ2) is 17.6. The van der Waals surface area contributed by atoms with Crippen molar-refractivity contribution in [2.75, 3.05) is 18.6 Å². The number of nitrogens with two attached hydrogens (primary N) is 3. The zero-order valence-corrected chi connectivity index (χ0v) is 22.5. The Kier molecular flexibility index (Phi) is 15.0. The number of carboxylic acids is 2. The van der Waals surface area contributed by atoms with Crippen molar-refractivity contribution in [1.29, 1.82) is 0 Å². The normalized spacial score (nSPS) is 13.7. The van der Waals surface area contributed by atoms with Gasteiger partial charge in [-0.25, -0.2) is 4.79 Å². The summed E-state index contributed by atoms with van der Waals surface area (Å²) in [6.45, 7) is 0.184. The van der Waals surface area contributed by atoms with E-state index in [1.54, 1.807) is 30.3 Å². The van der Waals surface area contributed by atoms with E-state index in [-0.39, 0.29) is 25.3 Å². The minimum absolute atomic E-state index is 0.0280. The third-order valence-corrected chi connectivity index (χ3v) is 6.10. The molecule has 1 aromatic carbocycles. The molecule has 11 N–H and O–H groups in total. The van der Waals surface area contributed by atoms with Gasteiger partial charge >= 0.3 is 11.9 Å². The van der Waals surface area contributed by atoms with Crippen LogP contribution in [0.2, 0.25) is 0 Å². The number of hydrogen-bond donors (Lipinski definition) is 8. The second-order valence-electron chi connectivity index (χ2n) is 8.65. The largest absolute Gasteiger partial charge is 0.481 e. The van der Waals surface area contributed by atoms with E-state index in [4.69, 9.17) is 22.3 Å². The number of benzene rings is 1. The molecule has 4 atom stereocenters. The molecule has 0 heterocycles. The standard InChI is InChI=1S/C24H37N7O7S/c1-39-11-9-15(25)20(34)29-16(8-5-10-28-24(26)27)21(35)30-17(12-14-6-3-2-4-7-14)22(36)31-18(23(37)38)13-19(32)33/h2-4,6-7,15-18H,5,8-13,25H2,1H3,(H,29,34)(H,30,35)(H,31,36)(H,32,33)(H,37,38)(H4,26,27,28). The van der Waals surface area contributed by atoms with Crippen LogP contribution in [0.5, 0.6) is 0 Å². The first-order valence-electron chi connectivity index (χ1n) is 12.1. The van der Waals surface area contributed by atoms with E-state index in [1.165, 1.54) is 11.8 Å². The van der Waals surface area contributed by atoms with Gasteiger partial charge in [-0.3, -0.25) is 24.2 Å². The molecular weight excluding hydrogens is 530 g/mol. The lowest BCUT2D eigenvalue weighted by Gasteiger charge is -2.25. The Balaban J connectivity index is 3.14. The Morgan fingerprint density at radius 1 is 0.897 bits per heavy atom. The number of carbonyl (C=O) groups is 5. The van der Waals surface area contributed by atoms with Crippen molar-refractivity contribution < 1.29 is 34.2 Å². The molecule has 216 valence electrons. The van der Waals surface area contributed by atoms with Gasteiger partial charge in [-0.15, -0.1) is 0 Å². The van der Waals surface area contributed by atoms with Gasteiger partial charge in [-0.2, -0.15) is 11.8 Å². The van der Waals surface area contributed by atoms with Gasteiger partial charge in [0.1, 0.15) is 18.1 Å². The zero-order chi connectivity index (χ0) is 29.4. The topological polar surface area (TPSA) is 252 Å². The number of carboxylic acid groups (broad SMARTS) is 2. The lowest BCUT2D eigenvalue weighted by Crippen LogP contribution is -2.57. The van der Waals surface area contributed by atoms with Crippen LogP contribution in [0.3, 0.4) is 0 Å². The van der Waals surface area contributed by atoms with Crippen LogP contribution in [-0.4, -0.2) is 88.6 Å². The van der Waals surface area contributed by atoms with Crippen LogP contribution in [0.25, 0.3) is 0 Å². The number of guanidine groups is 1. The molecule has 0 spiro atoms. The van der Waals surface area contributed by atoms with E-state index in [0.29, 0.717) is 24.2 Å². The predicted molar refractivity (Wildman–Crippen MR) is 147 cm³/mol. The van der Waals surface area contributed by atoms with E-state index in [9.17, 15) is 29.1 Å². The fraction of sp³-hybridized carbons (Fsp3) is 0.500. The molecule has 1 rings (SSSR count). The SMILES string of the molecule is CSCCC(N)C(=O)NC(CCCN=C(N)N)C(=O)NC(Cc1ccccc1)C(=O)NC(CC(=O)O)C(=O)O. The first-order chi connectivity index (χ1) is 18.4. The molecule has 4 unspecified atom stereocenters. The highest BCUT2D eigenvalue weighted by molar-refractivity contribution is 7.98. The first-order valence-corrected chi connectivity index (χ1v) is 13.5. The summed E-state index contributed by atoms with van der Waals surface area (Å²) in [6.07, 6.45) is 1.79. The fourth-order valence-electron chi connectivity index (χ4n) is 3.41. The van der Waals surface area contributed by atoms with E-state index in [2.05, 4.69) is 20.9 Å². The summed E-state index contributed by atoms with van der Waals surface area (Å²) >= 11 is 1.51. The van der Waals surface area contributed by atoms with Gasteiger partial charge in [0.15, 0.2) is 5.96 Å². The molecule has 0 radical (unpaired) electrons. The van der Waals surface area contributed by atoms with Crippen LogP contribution < -0.4 is 33.2 Å². The molecule has 0 bridgehead atoms. The van der Waals surface area contributed by atoms with Crippen LogP contribution >= 0.6 is 11.8 Å². The highest BCUT2D eigenvalue weighted by Gasteiger charge is 2.31. The zero-order valence-electron chi connectivity index (χ0n) is 21.7. The summed E-state index contributed by atoms with van der Waals surface area (Å²) in [5.74, 6) is -4.63. The Morgan fingerprint density at radius 2 is 1.49 bits per heavy atom. The average molecular weight is 568 g/mol. The van der Waals surface area contributed by atoms with Crippen LogP contribution in [0.1, 0.15) is 31.2 Å². The minimum Gasteiger partial charge on any atom is -0.481 e. The Labute approximate surface area is 230 Å². The maximum Gasteiger partial charge on any atom is 0.326 e. The highest BCUT2D eigenvalue weighted by Crippen LogP contribution is 2.08. The molecule has 14 nitrogen and oxygen atoms in total. The molecule has 15 heteroatoms. The molecule has 0 fully saturated rings. The molecule has 1 aromatic rings. The summed E-state index contributed by atoms with van der Waals surface area (Å²) in [5, 5.41) is 25.7. The monoisotopic (exact) mass is 567 g/mol. The summed E-state index contributed by atoms with van der Waals surface area (Å²) < 4.78 is 0. The van der Waals surface area contributed by atoms with Crippen molar-refractivity contribution in [3.63, 3.8) is 0 Å². The lowest BCUT2D eigenvalue weighted by atomic mass is 10.0. The molecular formula is C24H37N7O7S. The van der Waals surface area contributed by atoms with E-state index >= 15 is 0 Å². The number of aliphatic carboxylic acids is 2. The summed E-state index contributed by atoms with van der Waals surface area (Å²) in [4.78, 5) is 65.4. The Bertz CT molecular complexity index is 1010. The molecule has 0 aliphatic carbocycles. The van der Waals surface area contributed by atoms with E-state index in [0.717, 1.165) is 0 Å². The van der Waals surface area contributed by atoms with Crippen LogP contribution in [-0.2, 0) is 30.4 Å². The van der Waals surface area contributed by atoms with Crippen molar-refractivity contribution in [2.45, 2.75) is 56.3 Å². The van der Waals surface area contributed by atoms with Gasteiger partial charge in [-0.1, -0.05) is 30.3 Å². The predicted octanol–water partition coefficient (Wildman–Crippen LogP) is -1.62. The summed E-state index contributed by atoms with van der Waals surface area (Å²) in [7, 11) is 0. The van der Waals surface area contributed by atoms with Crippen molar-refractivity contribution in [2.24, 2.45) is 22.2 Å². The number of hydrogen-bond acceptors (Lipinski definition) is 8. The number of thioether (sulfide) groups is 1. The lowest BCUT2D eigenvalue weighted by molar-refractivity contribution is -0.147. The molecule has 0 aromatic heterocycles. The van der Waals surface area contributed by atoms with Crippen LogP contribution in [0.4, 0.5) is 0 Å². The second-order valence-corrected chi connectivity index (χ2v) is 9.63. The molecule has 0 saturated heterocycles. The number of nitrogens with zero attached hydrogens (tertiary/aromatic N) is 1. The third kappa shape index (κ3) is 13.5. The molecule has 39 heavy (non-hydrogen) atoms. The highest BCUT2D eigenvalue weighted by atomic mass is 32.2. The first kappa shape index (κ1) is 33.2. The maximum absolute atomic E-state index is 13.3. The van der Waals surface area contributed by atoms with Crippen molar-refractivity contribution in [1.82, 2.24) is 16.0 Å². The van der Waals surface area contributed by atoms with Gasteiger partial charge in [0, 0.05) is 13.0 Å². The number of aliphatic imine (C=N–C) groups is 1. The molecule has 0 aliphatic heterocycles. The fourth-order valence-corrected chi connectivity index (χ4v) is 3.90. The van der Waals surface area contributed by atoms with Gasteiger partial charge in [0.05, 0.1) is 12.5 Å². The van der Waals surface area contributed by atoms with Gasteiger partial charge in [-0.05, 0) is 36.8 Å². The average Bonchev–Trinajstić information content (AvgIpc) is 2.87. The van der Waals surface area contributed by atoms with Crippen molar-refractivity contribution in [3.8, 4) is 0 Å². The van der Waals surface area contributed by atoms with Gasteiger partial charge in [0.2, 0.25) is 17.7 Å². The number of amides is 3. The summed E-state index contributed by atoms with van der Waals surface area (Å²) in [6, 6.07) is 3.65. The number of carbonyl (C=O) groups excluding carboxylic acids is 3. The van der Waals surface area contributed by atoms with Crippen molar-refractivity contribution >= 4 is 47.4 Å². The molecule has 3 amide bonds. The van der Waals surface area contributed by atoms with E-state index < -0.39 is 60.2 Å². The summed E-state index contributed by atoms with van der Waals surface area (Å²) in [5.41, 5.74) is 17.3.